The maximum atomic E-state index is 5.59. The fourth-order valence-corrected chi connectivity index (χ4v) is 2.26. The van der Waals surface area contributed by atoms with Crippen LogP contribution in [0, 0.1) is 0 Å². The summed E-state index contributed by atoms with van der Waals surface area (Å²) in [6, 6.07) is 0. The van der Waals surface area contributed by atoms with Crippen molar-refractivity contribution in [3.05, 3.63) is 11.7 Å². The number of unbranched alkanes of at least 4 members (excludes halogenated alkanes) is 3. The summed E-state index contributed by atoms with van der Waals surface area (Å²) in [6.07, 6.45) is 7.01. The van der Waals surface area contributed by atoms with Crippen molar-refractivity contribution in [1.29, 1.82) is 0 Å². The number of aromatic nitrogens is 2. The van der Waals surface area contributed by atoms with Crippen molar-refractivity contribution in [2.75, 3.05) is 13.7 Å². The first-order valence-corrected chi connectivity index (χ1v) is 7.30. The molecule has 0 saturated carbocycles. The third-order valence-electron chi connectivity index (χ3n) is 3.75. The molecule has 0 spiro atoms. The highest BCUT2D eigenvalue weighted by atomic mass is 16.5. The van der Waals surface area contributed by atoms with Gasteiger partial charge < -0.3 is 15.0 Å². The number of rotatable bonds is 10. The first-order valence-electron chi connectivity index (χ1n) is 7.30. The lowest BCUT2D eigenvalue weighted by atomic mass is 9.96. The minimum atomic E-state index is -0.401. The van der Waals surface area contributed by atoms with Gasteiger partial charge >= 0.3 is 0 Å². The lowest BCUT2D eigenvalue weighted by molar-refractivity contribution is -0.0306. The monoisotopic (exact) mass is 269 g/mol. The van der Waals surface area contributed by atoms with Crippen LogP contribution in [0.5, 0.6) is 0 Å². The van der Waals surface area contributed by atoms with Gasteiger partial charge in [0, 0.05) is 13.5 Å². The molecule has 1 aromatic heterocycles. The van der Waals surface area contributed by atoms with Crippen LogP contribution in [0.2, 0.25) is 0 Å². The minimum absolute atomic E-state index is 0.401. The topological polar surface area (TPSA) is 74.2 Å². The van der Waals surface area contributed by atoms with Crippen LogP contribution in [-0.4, -0.2) is 23.8 Å². The number of hydrogen-bond donors (Lipinski definition) is 1. The SMILES string of the molecule is CCC(CC)(OC)c1noc(CCCCCCN)n1. The molecule has 0 unspecified atom stereocenters. The van der Waals surface area contributed by atoms with Crippen molar-refractivity contribution in [3.8, 4) is 0 Å². The molecule has 19 heavy (non-hydrogen) atoms. The lowest BCUT2D eigenvalue weighted by Crippen LogP contribution is -2.28. The molecule has 0 radical (unpaired) electrons. The van der Waals surface area contributed by atoms with E-state index in [1.54, 1.807) is 7.11 Å². The Morgan fingerprint density at radius 1 is 1.16 bits per heavy atom. The van der Waals surface area contributed by atoms with Gasteiger partial charge in [-0.2, -0.15) is 4.98 Å². The Kier molecular flexibility index (Phi) is 7.02. The summed E-state index contributed by atoms with van der Waals surface area (Å²) >= 11 is 0. The van der Waals surface area contributed by atoms with Gasteiger partial charge in [-0.15, -0.1) is 0 Å². The maximum absolute atomic E-state index is 5.59. The predicted octanol–water partition coefficient (Wildman–Crippen LogP) is 2.79. The summed E-state index contributed by atoms with van der Waals surface area (Å²) < 4.78 is 10.9. The molecule has 1 aromatic rings. The van der Waals surface area contributed by atoms with Gasteiger partial charge in [0.05, 0.1) is 0 Å². The van der Waals surface area contributed by atoms with Crippen LogP contribution in [0.1, 0.15) is 64.1 Å². The number of ether oxygens (including phenoxy) is 1. The molecule has 0 amide bonds. The first kappa shape index (κ1) is 16.1. The van der Waals surface area contributed by atoms with Crippen LogP contribution >= 0.6 is 0 Å². The minimum Gasteiger partial charge on any atom is -0.370 e. The number of aryl methyl sites for hydroxylation is 1. The van der Waals surface area contributed by atoms with E-state index >= 15 is 0 Å². The van der Waals surface area contributed by atoms with Crippen LogP contribution < -0.4 is 5.73 Å². The highest BCUT2D eigenvalue weighted by Gasteiger charge is 2.33. The molecular weight excluding hydrogens is 242 g/mol. The van der Waals surface area contributed by atoms with Crippen molar-refractivity contribution in [2.24, 2.45) is 5.73 Å². The molecule has 0 aromatic carbocycles. The van der Waals surface area contributed by atoms with E-state index in [-0.39, 0.29) is 0 Å². The fourth-order valence-electron chi connectivity index (χ4n) is 2.26. The summed E-state index contributed by atoms with van der Waals surface area (Å²) in [7, 11) is 1.70. The molecule has 5 nitrogen and oxygen atoms in total. The van der Waals surface area contributed by atoms with Crippen molar-refractivity contribution < 1.29 is 9.26 Å². The van der Waals surface area contributed by atoms with E-state index in [0.717, 1.165) is 45.1 Å². The molecule has 5 heteroatoms. The van der Waals surface area contributed by atoms with E-state index in [4.69, 9.17) is 15.0 Å². The molecule has 0 bridgehead atoms. The molecule has 1 heterocycles. The zero-order chi connectivity index (χ0) is 14.1. The van der Waals surface area contributed by atoms with E-state index in [1.807, 2.05) is 0 Å². The van der Waals surface area contributed by atoms with E-state index in [9.17, 15) is 0 Å². The van der Waals surface area contributed by atoms with Crippen LogP contribution in [0.4, 0.5) is 0 Å². The summed E-state index contributed by atoms with van der Waals surface area (Å²) in [5.41, 5.74) is 5.06. The molecule has 0 saturated heterocycles. The highest BCUT2D eigenvalue weighted by Crippen LogP contribution is 2.30. The molecule has 0 aliphatic rings. The van der Waals surface area contributed by atoms with Crippen LogP contribution in [0.25, 0.3) is 0 Å². The molecule has 2 N–H and O–H groups in total. The predicted molar refractivity (Wildman–Crippen MR) is 74.8 cm³/mol. The van der Waals surface area contributed by atoms with Crippen molar-refractivity contribution in [2.45, 2.75) is 64.4 Å². The largest absolute Gasteiger partial charge is 0.370 e. The summed E-state index contributed by atoms with van der Waals surface area (Å²) in [4.78, 5) is 4.49. The zero-order valence-electron chi connectivity index (χ0n) is 12.4. The van der Waals surface area contributed by atoms with Crippen molar-refractivity contribution in [3.63, 3.8) is 0 Å². The molecule has 0 aliphatic carbocycles. The Morgan fingerprint density at radius 3 is 2.42 bits per heavy atom. The number of nitrogens with zero attached hydrogens (tertiary/aromatic N) is 2. The standard InChI is InChI=1S/C14H27N3O2/c1-4-14(5-2,18-3)13-16-12(19-17-13)10-8-6-7-9-11-15/h4-11,15H2,1-3H3. The summed E-state index contributed by atoms with van der Waals surface area (Å²) in [5.74, 6) is 1.39. The van der Waals surface area contributed by atoms with Crippen LogP contribution in [0.15, 0.2) is 4.52 Å². The van der Waals surface area contributed by atoms with Gasteiger partial charge in [0.1, 0.15) is 5.60 Å². The number of nitrogens with two attached hydrogens (primary N) is 1. The molecule has 110 valence electrons. The van der Waals surface area contributed by atoms with Gasteiger partial charge in [-0.25, -0.2) is 0 Å². The van der Waals surface area contributed by atoms with Gasteiger partial charge in [0.2, 0.25) is 11.7 Å². The Morgan fingerprint density at radius 2 is 1.84 bits per heavy atom. The number of methoxy groups -OCH3 is 1. The Labute approximate surface area is 115 Å². The smallest absolute Gasteiger partial charge is 0.226 e. The third kappa shape index (κ3) is 4.28. The molecule has 1 rings (SSSR count). The van der Waals surface area contributed by atoms with Gasteiger partial charge in [-0.05, 0) is 32.2 Å². The Bertz CT molecular complexity index is 340. The van der Waals surface area contributed by atoms with E-state index in [0.29, 0.717) is 11.7 Å². The van der Waals surface area contributed by atoms with Crippen molar-refractivity contribution >= 4 is 0 Å². The molecule has 0 atom stereocenters. The second-order valence-electron chi connectivity index (χ2n) is 4.87. The molecular formula is C14H27N3O2. The second kappa shape index (κ2) is 8.27. The van der Waals surface area contributed by atoms with Crippen LogP contribution in [-0.2, 0) is 16.8 Å². The highest BCUT2D eigenvalue weighted by molar-refractivity contribution is 5.00. The van der Waals surface area contributed by atoms with Crippen LogP contribution in [0.3, 0.4) is 0 Å². The van der Waals surface area contributed by atoms with E-state index < -0.39 is 5.60 Å². The quantitative estimate of drug-likeness (QED) is 0.661. The van der Waals surface area contributed by atoms with Gasteiger partial charge in [-0.3, -0.25) is 0 Å². The maximum Gasteiger partial charge on any atom is 0.226 e. The second-order valence-corrected chi connectivity index (χ2v) is 4.87. The molecule has 0 fully saturated rings. The average Bonchev–Trinajstić information content (AvgIpc) is 2.91. The number of hydrogen-bond acceptors (Lipinski definition) is 5. The van der Waals surface area contributed by atoms with Gasteiger partial charge in [-0.1, -0.05) is 31.8 Å². The fraction of sp³-hybridized carbons (Fsp3) is 0.857. The van der Waals surface area contributed by atoms with Crippen molar-refractivity contribution in [1.82, 2.24) is 10.1 Å². The first-order chi connectivity index (χ1) is 9.22. The molecule has 0 aliphatic heterocycles. The Hall–Kier alpha value is -0.940. The van der Waals surface area contributed by atoms with Gasteiger partial charge in [0.15, 0.2) is 0 Å². The average molecular weight is 269 g/mol. The summed E-state index contributed by atoms with van der Waals surface area (Å²) in [6.45, 7) is 4.93. The summed E-state index contributed by atoms with van der Waals surface area (Å²) in [5, 5.41) is 4.09. The Balaban J connectivity index is 2.51. The van der Waals surface area contributed by atoms with E-state index in [1.165, 1.54) is 6.42 Å². The zero-order valence-corrected chi connectivity index (χ0v) is 12.4. The van der Waals surface area contributed by atoms with Gasteiger partial charge in [0.25, 0.3) is 0 Å². The normalized spacial score (nSPS) is 12.0. The third-order valence-corrected chi connectivity index (χ3v) is 3.75. The van der Waals surface area contributed by atoms with E-state index in [2.05, 4.69) is 24.0 Å². The lowest BCUT2D eigenvalue weighted by Gasteiger charge is -2.25.